The van der Waals surface area contributed by atoms with E-state index in [-0.39, 0.29) is 17.9 Å². The average molecular weight is 503 g/mol. The number of allylic oxidation sites excluding steroid dienone is 4. The van der Waals surface area contributed by atoms with Crippen molar-refractivity contribution in [1.29, 1.82) is 0 Å². The van der Waals surface area contributed by atoms with Gasteiger partial charge in [-0.15, -0.1) is 22.7 Å². The first-order chi connectivity index (χ1) is 16.3. The number of hydrogen-bond acceptors (Lipinski definition) is 8. The number of carbonyl (C=O) groups excluding carboxylic acids is 1. The van der Waals surface area contributed by atoms with E-state index in [2.05, 4.69) is 50.1 Å². The zero-order chi connectivity index (χ0) is 25.1. The van der Waals surface area contributed by atoms with Gasteiger partial charge < -0.3 is 14.2 Å². The molecule has 0 aliphatic rings. The molecule has 2 rings (SSSR count). The summed E-state index contributed by atoms with van der Waals surface area (Å²) in [6.45, 7) is 8.39. The van der Waals surface area contributed by atoms with Crippen molar-refractivity contribution in [2.24, 2.45) is 11.8 Å². The van der Waals surface area contributed by atoms with Crippen molar-refractivity contribution in [1.82, 2.24) is 9.97 Å². The fourth-order valence-corrected chi connectivity index (χ4v) is 4.82. The van der Waals surface area contributed by atoms with Crippen LogP contribution in [0.25, 0.3) is 16.0 Å². The molecule has 2 aromatic rings. The maximum Gasteiger partial charge on any atom is 0.333 e. The lowest BCUT2D eigenvalue weighted by Crippen LogP contribution is -2.21. The average Bonchev–Trinajstić information content (AvgIpc) is 3.50. The Kier molecular flexibility index (Phi) is 11.4. The first-order valence-electron chi connectivity index (χ1n) is 11.1. The van der Waals surface area contributed by atoms with Gasteiger partial charge in [0.15, 0.2) is 0 Å². The van der Waals surface area contributed by atoms with Gasteiger partial charge in [-0.25, -0.2) is 14.8 Å². The monoisotopic (exact) mass is 502 g/mol. The molecule has 6 nitrogen and oxygen atoms in total. The third-order valence-electron chi connectivity index (χ3n) is 5.02. The zero-order valence-corrected chi connectivity index (χ0v) is 22.5. The normalized spacial score (nSPS) is 15.5. The van der Waals surface area contributed by atoms with E-state index in [4.69, 9.17) is 19.2 Å². The van der Waals surface area contributed by atoms with Crippen molar-refractivity contribution in [2.45, 2.75) is 39.7 Å². The molecule has 0 fully saturated rings. The van der Waals surface area contributed by atoms with Crippen molar-refractivity contribution in [3.8, 4) is 9.88 Å². The summed E-state index contributed by atoms with van der Waals surface area (Å²) < 4.78 is 15.7. The second-order valence-corrected chi connectivity index (χ2v) is 9.99. The largest absolute Gasteiger partial charge is 0.500 e. The minimum absolute atomic E-state index is 0.183. The molecule has 3 atom stereocenters. The lowest BCUT2D eigenvalue weighted by Gasteiger charge is -2.21. The summed E-state index contributed by atoms with van der Waals surface area (Å²) in [7, 11) is 4.48. The van der Waals surface area contributed by atoms with Crippen LogP contribution < -0.4 is 0 Å². The molecule has 0 aliphatic heterocycles. The number of methoxy groups -OCH3 is 3. The Bertz CT molecular complexity index is 1030. The molecule has 0 spiro atoms. The number of nitrogens with zero attached hydrogens (tertiary/aromatic N) is 2. The molecule has 0 N–H and O–H groups in total. The third kappa shape index (κ3) is 8.34. The van der Waals surface area contributed by atoms with Gasteiger partial charge >= 0.3 is 5.97 Å². The molecule has 0 saturated heterocycles. The van der Waals surface area contributed by atoms with Crippen molar-refractivity contribution in [3.63, 3.8) is 0 Å². The van der Waals surface area contributed by atoms with Gasteiger partial charge in [0, 0.05) is 30.5 Å². The summed E-state index contributed by atoms with van der Waals surface area (Å²) in [6.07, 6.45) is 15.3. The Labute approximate surface area is 210 Å². The minimum atomic E-state index is -0.465. The van der Waals surface area contributed by atoms with Gasteiger partial charge in [0.2, 0.25) is 0 Å². The first-order valence-corrected chi connectivity index (χ1v) is 12.8. The number of rotatable bonds is 12. The fraction of sp³-hybridized carbons (Fsp3) is 0.423. The maximum absolute atomic E-state index is 11.6. The zero-order valence-electron chi connectivity index (χ0n) is 20.8. The molecule has 0 radical (unpaired) electrons. The molecular weight excluding hydrogens is 468 g/mol. The Morgan fingerprint density at radius 2 is 1.76 bits per heavy atom. The Morgan fingerprint density at radius 3 is 2.41 bits per heavy atom. The lowest BCUT2D eigenvalue weighted by atomic mass is 10.0. The van der Waals surface area contributed by atoms with Crippen LogP contribution in [0.4, 0.5) is 0 Å². The van der Waals surface area contributed by atoms with Crippen LogP contribution in [0.5, 0.6) is 0 Å². The quantitative estimate of drug-likeness (QED) is 0.143. The van der Waals surface area contributed by atoms with E-state index >= 15 is 0 Å². The van der Waals surface area contributed by atoms with Gasteiger partial charge in [0.05, 0.1) is 42.0 Å². The molecule has 34 heavy (non-hydrogen) atoms. The van der Waals surface area contributed by atoms with Crippen LogP contribution in [-0.4, -0.2) is 43.4 Å². The van der Waals surface area contributed by atoms with Gasteiger partial charge in [0.25, 0.3) is 0 Å². The van der Waals surface area contributed by atoms with E-state index < -0.39 is 5.97 Å². The second kappa shape index (κ2) is 14.0. The predicted molar refractivity (Wildman–Crippen MR) is 141 cm³/mol. The van der Waals surface area contributed by atoms with E-state index in [0.29, 0.717) is 11.7 Å². The van der Waals surface area contributed by atoms with Crippen molar-refractivity contribution in [3.05, 3.63) is 64.5 Å². The van der Waals surface area contributed by atoms with E-state index in [0.717, 1.165) is 20.6 Å². The second-order valence-electron chi connectivity index (χ2n) is 8.06. The standard InChI is InChI=1S/C26H34N2O4S2/c1-17(2)10-8-9-11-18(3)25-27-15-23(34-25)26-28-20(16-33-26)12-13-21(30-5)19(4)22(31-6)14-24(29)32-7/h8-19,21H,1-7H3/b10-8+,11-9+,13-12+,22-14+/t18-,19+,21-/m0/s1. The van der Waals surface area contributed by atoms with Crippen LogP contribution in [0, 0.1) is 11.8 Å². The molecule has 8 heteroatoms. The number of ether oxygens (including phenoxy) is 3. The lowest BCUT2D eigenvalue weighted by molar-refractivity contribution is -0.135. The molecule has 0 aliphatic carbocycles. The van der Waals surface area contributed by atoms with Gasteiger partial charge in [-0.05, 0) is 12.0 Å². The molecule has 2 aromatic heterocycles. The SMILES string of the molecule is COC(=O)/C=C(/OC)[C@H](C)[C@H](/C=C/c1csc(-c2cnc([C@@H](C)/C=C/C=C/C(C)C)s2)n1)OC. The molecule has 0 bridgehead atoms. The minimum Gasteiger partial charge on any atom is -0.500 e. The van der Waals surface area contributed by atoms with Crippen LogP contribution in [0.1, 0.15) is 44.3 Å². The topological polar surface area (TPSA) is 70.5 Å². The number of aromatic nitrogens is 2. The summed E-state index contributed by atoms with van der Waals surface area (Å²) in [4.78, 5) is 22.0. The summed E-state index contributed by atoms with van der Waals surface area (Å²) in [5, 5.41) is 4.00. The third-order valence-corrected chi connectivity index (χ3v) is 7.25. The molecule has 0 unspecified atom stereocenters. The van der Waals surface area contributed by atoms with Gasteiger partial charge in [-0.1, -0.05) is 58.1 Å². The number of carbonyl (C=O) groups is 1. The number of thiazole rings is 2. The van der Waals surface area contributed by atoms with Crippen LogP contribution in [0.3, 0.4) is 0 Å². The first kappa shape index (κ1) is 27.7. The van der Waals surface area contributed by atoms with Gasteiger partial charge in [-0.3, -0.25) is 0 Å². The highest BCUT2D eigenvalue weighted by atomic mass is 32.1. The van der Waals surface area contributed by atoms with Gasteiger partial charge in [-0.2, -0.15) is 0 Å². The van der Waals surface area contributed by atoms with Gasteiger partial charge in [0.1, 0.15) is 10.8 Å². The van der Waals surface area contributed by atoms with Crippen molar-refractivity contribution < 1.29 is 19.0 Å². The predicted octanol–water partition coefficient (Wildman–Crippen LogP) is 6.51. The fourth-order valence-electron chi connectivity index (χ4n) is 3.03. The van der Waals surface area contributed by atoms with Crippen LogP contribution in [0.2, 0.25) is 0 Å². The van der Waals surface area contributed by atoms with Crippen LogP contribution >= 0.6 is 22.7 Å². The molecule has 0 amide bonds. The van der Waals surface area contributed by atoms with Crippen LogP contribution in [0.15, 0.2) is 53.8 Å². The molecule has 0 aromatic carbocycles. The molecular formula is C26H34N2O4S2. The van der Waals surface area contributed by atoms with Crippen molar-refractivity contribution >= 4 is 34.7 Å². The molecule has 184 valence electrons. The van der Waals surface area contributed by atoms with E-state index in [1.54, 1.807) is 29.8 Å². The molecule has 0 saturated carbocycles. The maximum atomic E-state index is 11.6. The van der Waals surface area contributed by atoms with E-state index in [9.17, 15) is 4.79 Å². The summed E-state index contributed by atoms with van der Waals surface area (Å²) in [5.74, 6) is 0.624. The van der Waals surface area contributed by atoms with Crippen molar-refractivity contribution in [2.75, 3.05) is 21.3 Å². The van der Waals surface area contributed by atoms with E-state index in [1.807, 2.05) is 30.7 Å². The summed E-state index contributed by atoms with van der Waals surface area (Å²) in [6, 6.07) is 0. The molecule has 2 heterocycles. The smallest absolute Gasteiger partial charge is 0.333 e. The summed E-state index contributed by atoms with van der Waals surface area (Å²) >= 11 is 3.25. The number of esters is 1. The Hall–Kier alpha value is -2.55. The highest BCUT2D eigenvalue weighted by molar-refractivity contribution is 7.20. The summed E-state index contributed by atoms with van der Waals surface area (Å²) in [5.41, 5.74) is 0.840. The van der Waals surface area contributed by atoms with E-state index in [1.165, 1.54) is 20.3 Å². The highest BCUT2D eigenvalue weighted by Crippen LogP contribution is 2.33. The Balaban J connectivity index is 2.09. The highest BCUT2D eigenvalue weighted by Gasteiger charge is 2.21. The van der Waals surface area contributed by atoms with Crippen LogP contribution in [-0.2, 0) is 19.0 Å². The Morgan fingerprint density at radius 1 is 1.03 bits per heavy atom. The number of hydrogen-bond donors (Lipinski definition) is 0.